The van der Waals surface area contributed by atoms with Crippen LogP contribution in [0.3, 0.4) is 0 Å². The van der Waals surface area contributed by atoms with Crippen LogP contribution in [0.5, 0.6) is 5.75 Å². The van der Waals surface area contributed by atoms with Crippen molar-refractivity contribution in [3.8, 4) is 5.75 Å². The standard InChI is InChI=1S/C15H15N3O2/c1-20-14-9-7-13(8-10-14)17-15(19)18-16-11-12-5-3-2-4-6-12/h2-11H,1H3,(H2,17,18,19). The summed E-state index contributed by atoms with van der Waals surface area (Å²) >= 11 is 0. The largest absolute Gasteiger partial charge is 0.497 e. The number of nitrogens with one attached hydrogen (secondary N) is 2. The second-order valence-corrected chi connectivity index (χ2v) is 3.96. The van der Waals surface area contributed by atoms with Gasteiger partial charge in [-0.1, -0.05) is 30.3 Å². The van der Waals surface area contributed by atoms with Crippen LogP contribution in [0, 0.1) is 0 Å². The first-order valence-corrected chi connectivity index (χ1v) is 6.07. The van der Waals surface area contributed by atoms with Gasteiger partial charge >= 0.3 is 6.03 Å². The van der Waals surface area contributed by atoms with Crippen LogP contribution in [-0.4, -0.2) is 19.4 Å². The van der Waals surface area contributed by atoms with Crippen molar-refractivity contribution in [1.82, 2.24) is 5.43 Å². The number of hydrazone groups is 1. The monoisotopic (exact) mass is 269 g/mol. The summed E-state index contributed by atoms with van der Waals surface area (Å²) in [6, 6.07) is 16.1. The second kappa shape index (κ2) is 6.94. The molecule has 5 nitrogen and oxygen atoms in total. The van der Waals surface area contributed by atoms with E-state index in [0.29, 0.717) is 5.69 Å². The van der Waals surface area contributed by atoms with Gasteiger partial charge in [-0.3, -0.25) is 0 Å². The fraction of sp³-hybridized carbons (Fsp3) is 0.0667. The van der Waals surface area contributed by atoms with E-state index in [0.717, 1.165) is 11.3 Å². The molecule has 0 aliphatic heterocycles. The van der Waals surface area contributed by atoms with Crippen LogP contribution in [0.2, 0.25) is 0 Å². The number of rotatable bonds is 4. The summed E-state index contributed by atoms with van der Waals surface area (Å²) in [5, 5.41) is 6.52. The number of carbonyl (C=O) groups excluding carboxylic acids is 1. The van der Waals surface area contributed by atoms with E-state index in [-0.39, 0.29) is 0 Å². The summed E-state index contributed by atoms with van der Waals surface area (Å²) in [6.07, 6.45) is 1.58. The molecule has 2 rings (SSSR count). The molecule has 0 bridgehead atoms. The fourth-order valence-corrected chi connectivity index (χ4v) is 1.54. The first kappa shape index (κ1) is 13.6. The summed E-state index contributed by atoms with van der Waals surface area (Å²) in [7, 11) is 1.59. The number of methoxy groups -OCH3 is 1. The van der Waals surface area contributed by atoms with Gasteiger partial charge in [0, 0.05) is 5.69 Å². The van der Waals surface area contributed by atoms with Crippen LogP contribution in [0.4, 0.5) is 10.5 Å². The molecule has 0 saturated heterocycles. The predicted molar refractivity (Wildman–Crippen MR) is 79.2 cm³/mol. The summed E-state index contributed by atoms with van der Waals surface area (Å²) in [5.41, 5.74) is 3.98. The molecule has 0 aliphatic rings. The van der Waals surface area contributed by atoms with Crippen molar-refractivity contribution < 1.29 is 9.53 Å². The molecule has 0 saturated carbocycles. The smallest absolute Gasteiger partial charge is 0.339 e. The second-order valence-electron chi connectivity index (χ2n) is 3.96. The molecule has 2 aromatic rings. The zero-order chi connectivity index (χ0) is 14.2. The maximum absolute atomic E-state index is 11.6. The van der Waals surface area contributed by atoms with Crippen molar-refractivity contribution in [3.63, 3.8) is 0 Å². The Morgan fingerprint density at radius 2 is 1.80 bits per heavy atom. The van der Waals surface area contributed by atoms with Crippen molar-refractivity contribution in [2.75, 3.05) is 12.4 Å². The number of benzene rings is 2. The molecule has 0 unspecified atom stereocenters. The molecule has 0 aromatic heterocycles. The normalized spacial score (nSPS) is 10.2. The van der Waals surface area contributed by atoms with E-state index in [1.165, 1.54) is 0 Å². The van der Waals surface area contributed by atoms with E-state index in [9.17, 15) is 4.79 Å². The molecule has 0 fully saturated rings. The summed E-state index contributed by atoms with van der Waals surface area (Å²) < 4.78 is 5.04. The minimum absolute atomic E-state index is 0.401. The minimum Gasteiger partial charge on any atom is -0.497 e. The molecule has 0 aliphatic carbocycles. The van der Waals surface area contributed by atoms with E-state index >= 15 is 0 Å². The minimum atomic E-state index is -0.401. The van der Waals surface area contributed by atoms with Crippen molar-refractivity contribution in [2.24, 2.45) is 5.10 Å². The Labute approximate surface area is 117 Å². The molecule has 2 aromatic carbocycles. The molecule has 2 amide bonds. The molecule has 0 heterocycles. The van der Waals surface area contributed by atoms with Crippen molar-refractivity contribution in [2.45, 2.75) is 0 Å². The summed E-state index contributed by atoms with van der Waals surface area (Å²) in [4.78, 5) is 11.6. The SMILES string of the molecule is COc1ccc(NC(=O)NN=Cc2ccccc2)cc1. The summed E-state index contributed by atoms with van der Waals surface area (Å²) in [6.45, 7) is 0. The molecule has 102 valence electrons. The van der Waals surface area contributed by atoms with Crippen LogP contribution in [-0.2, 0) is 0 Å². The molecule has 5 heteroatoms. The van der Waals surface area contributed by atoms with Crippen LogP contribution < -0.4 is 15.5 Å². The number of anilines is 1. The number of amides is 2. The Hall–Kier alpha value is -2.82. The third-order valence-corrected chi connectivity index (χ3v) is 2.53. The number of hydrogen-bond acceptors (Lipinski definition) is 3. The molecule has 20 heavy (non-hydrogen) atoms. The van der Waals surface area contributed by atoms with E-state index in [1.54, 1.807) is 37.6 Å². The Bertz CT molecular complexity index is 580. The number of urea groups is 1. The lowest BCUT2D eigenvalue weighted by Crippen LogP contribution is -2.24. The van der Waals surface area contributed by atoms with Crippen LogP contribution in [0.25, 0.3) is 0 Å². The highest BCUT2D eigenvalue weighted by Crippen LogP contribution is 2.14. The van der Waals surface area contributed by atoms with Crippen LogP contribution in [0.15, 0.2) is 59.7 Å². The van der Waals surface area contributed by atoms with Gasteiger partial charge in [-0.2, -0.15) is 5.10 Å². The Kier molecular flexibility index (Phi) is 4.72. The maximum atomic E-state index is 11.6. The van der Waals surface area contributed by atoms with Gasteiger partial charge in [0.2, 0.25) is 0 Å². The van der Waals surface area contributed by atoms with Gasteiger partial charge in [0.25, 0.3) is 0 Å². The lowest BCUT2D eigenvalue weighted by atomic mass is 10.2. The van der Waals surface area contributed by atoms with Gasteiger partial charge in [0.05, 0.1) is 13.3 Å². The molecular formula is C15H15N3O2. The van der Waals surface area contributed by atoms with Crippen molar-refractivity contribution in [1.29, 1.82) is 0 Å². The van der Waals surface area contributed by atoms with Gasteiger partial charge in [0.1, 0.15) is 5.75 Å². The number of carbonyl (C=O) groups is 1. The third kappa shape index (κ3) is 4.13. The van der Waals surface area contributed by atoms with Crippen LogP contribution >= 0.6 is 0 Å². The van der Waals surface area contributed by atoms with Crippen molar-refractivity contribution in [3.05, 3.63) is 60.2 Å². The van der Waals surface area contributed by atoms with E-state index in [4.69, 9.17) is 4.74 Å². The lowest BCUT2D eigenvalue weighted by Gasteiger charge is -2.05. The molecule has 2 N–H and O–H groups in total. The average Bonchev–Trinajstić information content (AvgIpc) is 2.49. The third-order valence-electron chi connectivity index (χ3n) is 2.53. The highest BCUT2D eigenvalue weighted by molar-refractivity contribution is 5.90. The fourth-order valence-electron chi connectivity index (χ4n) is 1.54. The first-order chi connectivity index (χ1) is 9.78. The van der Waals surface area contributed by atoms with E-state index < -0.39 is 6.03 Å². The topological polar surface area (TPSA) is 62.7 Å². The van der Waals surface area contributed by atoms with E-state index in [1.807, 2.05) is 30.3 Å². The number of ether oxygens (including phenoxy) is 1. The maximum Gasteiger partial charge on any atom is 0.339 e. The van der Waals surface area contributed by atoms with Crippen molar-refractivity contribution >= 4 is 17.9 Å². The molecule has 0 atom stereocenters. The highest BCUT2D eigenvalue weighted by atomic mass is 16.5. The Morgan fingerprint density at radius 3 is 2.45 bits per heavy atom. The van der Waals surface area contributed by atoms with Gasteiger partial charge in [-0.25, -0.2) is 10.2 Å². The average molecular weight is 269 g/mol. The zero-order valence-corrected chi connectivity index (χ0v) is 11.0. The van der Waals surface area contributed by atoms with Gasteiger partial charge in [-0.05, 0) is 29.8 Å². The first-order valence-electron chi connectivity index (χ1n) is 6.07. The quantitative estimate of drug-likeness (QED) is 0.662. The predicted octanol–water partition coefficient (Wildman–Crippen LogP) is 2.85. The molecular weight excluding hydrogens is 254 g/mol. The molecule has 0 spiro atoms. The highest BCUT2D eigenvalue weighted by Gasteiger charge is 1.99. The van der Waals surface area contributed by atoms with Crippen LogP contribution in [0.1, 0.15) is 5.56 Å². The Morgan fingerprint density at radius 1 is 1.10 bits per heavy atom. The van der Waals surface area contributed by atoms with Gasteiger partial charge in [-0.15, -0.1) is 0 Å². The lowest BCUT2D eigenvalue weighted by molar-refractivity contribution is 0.252. The Balaban J connectivity index is 1.84. The van der Waals surface area contributed by atoms with E-state index in [2.05, 4.69) is 15.8 Å². The zero-order valence-electron chi connectivity index (χ0n) is 11.0. The van der Waals surface area contributed by atoms with Gasteiger partial charge in [0.15, 0.2) is 0 Å². The number of nitrogens with zero attached hydrogens (tertiary/aromatic N) is 1. The number of hydrogen-bond donors (Lipinski definition) is 2. The van der Waals surface area contributed by atoms with Gasteiger partial charge < -0.3 is 10.1 Å². The summed E-state index contributed by atoms with van der Waals surface area (Å²) in [5.74, 6) is 0.734. The molecule has 0 radical (unpaired) electrons.